The molecule has 51 heavy (non-hydrogen) atoms. The van der Waals surface area contributed by atoms with Gasteiger partial charge in [0.25, 0.3) is 0 Å². The zero-order valence-corrected chi connectivity index (χ0v) is 33.2. The van der Waals surface area contributed by atoms with Gasteiger partial charge < -0.3 is 10.2 Å². The van der Waals surface area contributed by atoms with E-state index >= 15 is 0 Å². The molecule has 0 aliphatic heterocycles. The summed E-state index contributed by atoms with van der Waals surface area (Å²) in [5.41, 5.74) is 4.54. The van der Waals surface area contributed by atoms with Crippen molar-refractivity contribution in [3.63, 3.8) is 0 Å². The average molecular weight is 795 g/mol. The minimum atomic E-state index is -0.664. The molecule has 4 nitrogen and oxygen atoms in total. The van der Waals surface area contributed by atoms with Crippen LogP contribution in [0.1, 0.15) is 37.2 Å². The van der Waals surface area contributed by atoms with Crippen LogP contribution in [0.25, 0.3) is 0 Å². The zero-order valence-electron chi connectivity index (χ0n) is 29.7. The molecule has 0 amide bonds. The third kappa shape index (κ3) is 12.2. The first-order valence-corrected chi connectivity index (χ1v) is 19.0. The molecule has 2 saturated carbocycles. The molecule has 6 atom stereocenters. The van der Waals surface area contributed by atoms with Crippen molar-refractivity contribution in [1.82, 2.24) is 9.34 Å². The topological polar surface area (TPSA) is 46.9 Å². The van der Waals surface area contributed by atoms with Crippen LogP contribution < -0.4 is 10.6 Å². The molecule has 258 valence electrons. The van der Waals surface area contributed by atoms with E-state index in [0.29, 0.717) is 0 Å². The Balaban J connectivity index is 0.000000334. The number of aliphatic hydroxyl groups excluding tert-OH is 2. The molecule has 0 saturated heterocycles. The molecule has 0 heterocycles. The Hall–Kier alpha value is -1.67. The normalized spacial score (nSPS) is 18.2. The van der Waals surface area contributed by atoms with E-state index < -0.39 is 28.4 Å². The molecule has 2 N–H and O–H groups in total. The van der Waals surface area contributed by atoms with Crippen LogP contribution in [-0.2, 0) is 19.5 Å². The summed E-state index contributed by atoms with van der Waals surface area (Å²) >= 11 is 0. The summed E-state index contributed by atoms with van der Waals surface area (Å²) in [6, 6.07) is 41.0. The molecule has 0 aromatic heterocycles. The van der Waals surface area contributed by atoms with Crippen LogP contribution in [0.2, 0.25) is 0 Å². The summed E-state index contributed by atoms with van der Waals surface area (Å²) in [7, 11) is 2.90. The summed E-state index contributed by atoms with van der Waals surface area (Å²) in [6.45, 7) is 4.19. The van der Waals surface area contributed by atoms with Gasteiger partial charge in [0.2, 0.25) is 0 Å². The first kappa shape index (κ1) is 45.5. The van der Waals surface area contributed by atoms with Gasteiger partial charge in [0.05, 0.1) is 12.2 Å². The summed E-state index contributed by atoms with van der Waals surface area (Å²) < 4.78 is 4.63. The Kier molecular flexibility index (Phi) is 20.7. The maximum absolute atomic E-state index is 10.8. The van der Waals surface area contributed by atoms with Gasteiger partial charge in [0.1, 0.15) is 0 Å². The van der Waals surface area contributed by atoms with E-state index in [9.17, 15) is 10.2 Å². The van der Waals surface area contributed by atoms with Gasteiger partial charge in [-0.15, -0.1) is 0 Å². The molecule has 16 radical (unpaired) electrons. The first-order chi connectivity index (χ1) is 23.4. The summed E-state index contributed by atoms with van der Waals surface area (Å²) in [5.74, 6) is 0. The second-order valence-corrected chi connectivity index (χ2v) is 16.5. The first-order valence-electron chi connectivity index (χ1n) is 16.4. The largest absolute Gasteiger partial charge is 2.00 e. The summed E-state index contributed by atoms with van der Waals surface area (Å²) in [6.07, 6.45) is 16.0. The van der Waals surface area contributed by atoms with Gasteiger partial charge in [-0.2, -0.15) is 0 Å². The molecule has 9 heteroatoms. The number of aliphatic hydroxyl groups is 2. The second-order valence-electron chi connectivity index (χ2n) is 11.9. The zero-order chi connectivity index (χ0) is 33.9. The summed E-state index contributed by atoms with van der Waals surface area (Å²) in [4.78, 5) is 0. The quantitative estimate of drug-likeness (QED) is 0.115. The third-order valence-electron chi connectivity index (χ3n) is 8.79. The fraction of sp³-hybridized carbons (Fsp3) is 0.190. The monoisotopic (exact) mass is 796 g/mol. The van der Waals surface area contributed by atoms with Crippen LogP contribution in [0.15, 0.2) is 121 Å². The summed E-state index contributed by atoms with van der Waals surface area (Å²) in [5, 5.41) is 24.2. The Morgan fingerprint density at radius 1 is 0.451 bits per heavy atom. The van der Waals surface area contributed by atoms with Gasteiger partial charge in [-0.05, 0) is 101 Å². The fourth-order valence-electron chi connectivity index (χ4n) is 5.81. The molecule has 4 aromatic rings. The van der Waals surface area contributed by atoms with Crippen molar-refractivity contribution in [2.24, 2.45) is 0 Å². The van der Waals surface area contributed by atoms with E-state index in [2.05, 4.69) is 137 Å². The van der Waals surface area contributed by atoms with Crippen LogP contribution in [-0.4, -0.2) is 62.6 Å². The number of likely N-dealkylation sites (N-methyl/N-ethyl adjacent to an activating group) is 2. The van der Waals surface area contributed by atoms with Crippen molar-refractivity contribution in [3.05, 3.63) is 195 Å². The third-order valence-corrected chi connectivity index (χ3v) is 13.9. The molecule has 0 spiro atoms. The van der Waals surface area contributed by atoms with Gasteiger partial charge in [0, 0.05) is 56.4 Å². The van der Waals surface area contributed by atoms with Crippen molar-refractivity contribution in [2.45, 2.75) is 38.1 Å². The van der Waals surface area contributed by atoms with Crippen LogP contribution in [0.3, 0.4) is 0 Å². The van der Waals surface area contributed by atoms with Crippen molar-refractivity contribution in [1.29, 1.82) is 0 Å². The van der Waals surface area contributed by atoms with Gasteiger partial charge >= 0.3 is 19.5 Å². The molecule has 6 rings (SSSR count). The van der Waals surface area contributed by atoms with Gasteiger partial charge in [-0.25, -0.2) is 0 Å². The molecule has 2 aliphatic rings. The predicted octanol–water partition coefficient (Wildman–Crippen LogP) is 7.49. The van der Waals surface area contributed by atoms with Crippen LogP contribution >= 0.6 is 16.1 Å². The van der Waals surface area contributed by atoms with E-state index in [-0.39, 0.29) is 48.4 Å². The predicted molar refractivity (Wildman–Crippen MR) is 216 cm³/mol. The van der Waals surface area contributed by atoms with Crippen molar-refractivity contribution < 1.29 is 29.7 Å². The SMILES string of the molecule is C[C@H]([C@@H](O)c1ccccc1)N(C)[P@]([C]1[CH][CH][CH][CH]1)c1ccccc1.C[C@H]([C@@H](O)c1ccccc1)N(C)[P@]([C]1[CH][CH][CH][CH]1)c1ccccc1.[B].[B].[Ru+2]. The van der Waals surface area contributed by atoms with Gasteiger partial charge in [0.15, 0.2) is 0 Å². The van der Waals surface area contributed by atoms with E-state index in [0.717, 1.165) is 11.1 Å². The minimum absolute atomic E-state index is 0. The second kappa shape index (κ2) is 23.2. The molecule has 2 aliphatic carbocycles. The Morgan fingerprint density at radius 3 is 0.980 bits per heavy atom. The van der Waals surface area contributed by atoms with Crippen LogP contribution in [0, 0.1) is 62.7 Å². The number of hydrogen-bond acceptors (Lipinski definition) is 4. The van der Waals surface area contributed by atoms with Gasteiger partial charge in [-0.1, -0.05) is 121 Å². The Bertz CT molecular complexity index is 1360. The van der Waals surface area contributed by atoms with Crippen LogP contribution in [0.4, 0.5) is 0 Å². The fourth-order valence-corrected chi connectivity index (χ4v) is 10.7. The Morgan fingerprint density at radius 2 is 0.706 bits per heavy atom. The van der Waals surface area contributed by atoms with Crippen molar-refractivity contribution in [3.8, 4) is 0 Å². The number of hydrogen-bond donors (Lipinski definition) is 2. The standard InChI is InChI=1S/2C21H23NOP.2B.Ru/c2*1-17(21(23)18-11-5-3-6-12-18)22(2)24(20-15-9-10-16-20)19-13-7-4-8-14-19;;;/h2*3-17,21,23H,1-2H3;;;/q;;;;+2/t2*17-,21-,24+;;;/m11.../s1. The van der Waals surface area contributed by atoms with E-state index in [1.807, 2.05) is 72.8 Å². The van der Waals surface area contributed by atoms with E-state index in [4.69, 9.17) is 0 Å². The van der Waals surface area contributed by atoms with Gasteiger partial charge in [-0.3, -0.25) is 9.34 Å². The number of nitrogens with zero attached hydrogens (tertiary/aromatic N) is 2. The average Bonchev–Trinajstić information content (AvgIpc) is 3.88. The molecule has 4 aromatic carbocycles. The molecule has 2 fully saturated rings. The molecule has 0 unspecified atom stereocenters. The molecular formula is C42H46B2N2O2P2Ru+2. The van der Waals surface area contributed by atoms with E-state index in [1.54, 1.807) is 0 Å². The maximum atomic E-state index is 10.8. The Labute approximate surface area is 328 Å². The van der Waals surface area contributed by atoms with E-state index in [1.165, 1.54) is 21.9 Å². The smallest absolute Gasteiger partial charge is 0.387 e. The number of rotatable bonds is 12. The number of benzene rings is 4. The maximum Gasteiger partial charge on any atom is 2.00 e. The molecule has 0 bridgehead atoms. The van der Waals surface area contributed by atoms with Crippen molar-refractivity contribution in [2.75, 3.05) is 14.1 Å². The van der Waals surface area contributed by atoms with Crippen LogP contribution in [0.5, 0.6) is 0 Å². The minimum Gasteiger partial charge on any atom is -0.387 e. The van der Waals surface area contributed by atoms with Crippen molar-refractivity contribution >= 4 is 43.6 Å². The molecular weight excluding hydrogens is 749 g/mol.